The van der Waals surface area contributed by atoms with E-state index in [1.807, 2.05) is 12.1 Å². The molecule has 1 fully saturated rings. The number of nitrogens with zero attached hydrogens (tertiary/aromatic N) is 1. The molecule has 3 rings (SSSR count). The summed E-state index contributed by atoms with van der Waals surface area (Å²) in [5.74, 6) is 0.881. The zero-order chi connectivity index (χ0) is 15.5. The molecule has 1 aromatic carbocycles. The maximum absolute atomic E-state index is 11.9. The van der Waals surface area contributed by atoms with Gasteiger partial charge in [0, 0.05) is 11.6 Å². The van der Waals surface area contributed by atoms with Crippen molar-refractivity contribution in [2.24, 2.45) is 5.92 Å². The Kier molecular flexibility index (Phi) is 4.09. The van der Waals surface area contributed by atoms with E-state index in [-0.39, 0.29) is 11.8 Å². The van der Waals surface area contributed by atoms with Crippen LogP contribution in [-0.2, 0) is 4.79 Å². The number of aryl methyl sites for hydroxylation is 2. The number of nitrogens with one attached hydrogen (secondary N) is 2. The molecule has 1 aromatic heterocycles. The minimum absolute atomic E-state index is 0.0917. The lowest BCUT2D eigenvalue weighted by Crippen LogP contribution is -2.28. The van der Waals surface area contributed by atoms with E-state index in [0.29, 0.717) is 5.82 Å². The number of anilines is 3. The molecule has 4 nitrogen and oxygen atoms in total. The summed E-state index contributed by atoms with van der Waals surface area (Å²) in [7, 11) is 0. The van der Waals surface area contributed by atoms with Gasteiger partial charge in [0.1, 0.15) is 5.82 Å². The second-order valence-corrected chi connectivity index (χ2v) is 5.99. The molecule has 1 aliphatic carbocycles. The molecule has 0 unspecified atom stereocenters. The van der Waals surface area contributed by atoms with Gasteiger partial charge in [0.2, 0.25) is 5.91 Å². The molecule has 1 heterocycles. The summed E-state index contributed by atoms with van der Waals surface area (Å²) in [5, 5.41) is 6.24. The Balaban J connectivity index is 1.66. The van der Waals surface area contributed by atoms with Crippen molar-refractivity contribution in [3.63, 3.8) is 0 Å². The molecule has 1 saturated carbocycles. The van der Waals surface area contributed by atoms with Gasteiger partial charge in [0.05, 0.1) is 11.9 Å². The molecule has 0 bridgehead atoms. The molecule has 0 atom stereocenters. The molecule has 2 N–H and O–H groups in total. The number of benzene rings is 1. The standard InChI is InChI=1S/C18H21N3O/c1-12-6-7-13(2)16(10-12)20-15-8-9-17(19-11-15)21-18(22)14-4-3-5-14/h6-11,14,20H,3-5H2,1-2H3,(H,19,21,22). The van der Waals surface area contributed by atoms with Crippen LogP contribution in [0.3, 0.4) is 0 Å². The molecule has 0 aliphatic heterocycles. The number of pyridine rings is 1. The molecule has 0 spiro atoms. The fourth-order valence-corrected chi connectivity index (χ4v) is 2.47. The Morgan fingerprint density at radius 2 is 2.00 bits per heavy atom. The van der Waals surface area contributed by atoms with Crippen molar-refractivity contribution < 1.29 is 4.79 Å². The second kappa shape index (κ2) is 6.18. The van der Waals surface area contributed by atoms with Crippen molar-refractivity contribution in [3.8, 4) is 0 Å². The van der Waals surface area contributed by atoms with E-state index in [4.69, 9.17) is 0 Å². The second-order valence-electron chi connectivity index (χ2n) is 5.99. The monoisotopic (exact) mass is 295 g/mol. The highest BCUT2D eigenvalue weighted by Crippen LogP contribution is 2.27. The van der Waals surface area contributed by atoms with E-state index in [1.54, 1.807) is 6.20 Å². The summed E-state index contributed by atoms with van der Waals surface area (Å²) < 4.78 is 0. The van der Waals surface area contributed by atoms with E-state index < -0.39 is 0 Å². The SMILES string of the molecule is Cc1ccc(C)c(Nc2ccc(NC(=O)C3CCC3)nc2)c1. The summed E-state index contributed by atoms with van der Waals surface area (Å²) in [6.45, 7) is 4.14. The molecule has 1 amide bonds. The topological polar surface area (TPSA) is 54.0 Å². The van der Waals surface area contributed by atoms with Gasteiger partial charge in [-0.1, -0.05) is 18.6 Å². The average molecular weight is 295 g/mol. The maximum Gasteiger partial charge on any atom is 0.228 e. The molecular weight excluding hydrogens is 274 g/mol. The minimum Gasteiger partial charge on any atom is -0.354 e. The van der Waals surface area contributed by atoms with Gasteiger partial charge in [-0.25, -0.2) is 4.98 Å². The quantitative estimate of drug-likeness (QED) is 0.889. The fraction of sp³-hybridized carbons (Fsp3) is 0.333. The molecule has 1 aliphatic rings. The predicted molar refractivity (Wildman–Crippen MR) is 89.4 cm³/mol. The maximum atomic E-state index is 11.9. The fourth-order valence-electron chi connectivity index (χ4n) is 2.47. The molecule has 0 saturated heterocycles. The molecule has 4 heteroatoms. The highest BCUT2D eigenvalue weighted by molar-refractivity contribution is 5.92. The first kappa shape index (κ1) is 14.6. The number of aromatic nitrogens is 1. The Labute approximate surface area is 131 Å². The van der Waals surface area contributed by atoms with Crippen LogP contribution in [0.15, 0.2) is 36.5 Å². The summed E-state index contributed by atoms with van der Waals surface area (Å²) in [6, 6.07) is 10.1. The van der Waals surface area contributed by atoms with Crippen LogP contribution < -0.4 is 10.6 Å². The van der Waals surface area contributed by atoms with Gasteiger partial charge in [0.15, 0.2) is 0 Å². The number of rotatable bonds is 4. The number of hydrogen-bond donors (Lipinski definition) is 2. The first-order valence-electron chi connectivity index (χ1n) is 7.73. The van der Waals surface area contributed by atoms with Crippen molar-refractivity contribution in [2.75, 3.05) is 10.6 Å². The van der Waals surface area contributed by atoms with E-state index in [0.717, 1.165) is 30.6 Å². The molecule has 22 heavy (non-hydrogen) atoms. The zero-order valence-corrected chi connectivity index (χ0v) is 13.0. The predicted octanol–water partition coefficient (Wildman–Crippen LogP) is 4.18. The lowest BCUT2D eigenvalue weighted by molar-refractivity contribution is -0.122. The summed E-state index contributed by atoms with van der Waals surface area (Å²) >= 11 is 0. The van der Waals surface area contributed by atoms with Crippen LogP contribution in [0.1, 0.15) is 30.4 Å². The van der Waals surface area contributed by atoms with Crippen LogP contribution in [0, 0.1) is 19.8 Å². The number of carbonyl (C=O) groups is 1. The average Bonchev–Trinajstić information content (AvgIpc) is 2.43. The van der Waals surface area contributed by atoms with Crippen molar-refractivity contribution in [1.29, 1.82) is 0 Å². The smallest absolute Gasteiger partial charge is 0.228 e. The van der Waals surface area contributed by atoms with Crippen LogP contribution in [0.4, 0.5) is 17.2 Å². The molecule has 0 radical (unpaired) electrons. The highest BCUT2D eigenvalue weighted by Gasteiger charge is 2.25. The third-order valence-corrected chi connectivity index (χ3v) is 4.16. The third kappa shape index (κ3) is 3.27. The highest BCUT2D eigenvalue weighted by atomic mass is 16.2. The summed E-state index contributed by atoms with van der Waals surface area (Å²) in [6.07, 6.45) is 4.90. The summed E-state index contributed by atoms with van der Waals surface area (Å²) in [4.78, 5) is 16.2. The Bertz CT molecular complexity index is 675. The van der Waals surface area contributed by atoms with Gasteiger partial charge < -0.3 is 10.6 Å². The van der Waals surface area contributed by atoms with Crippen molar-refractivity contribution in [1.82, 2.24) is 4.98 Å². The van der Waals surface area contributed by atoms with Crippen molar-refractivity contribution in [2.45, 2.75) is 33.1 Å². The van der Waals surface area contributed by atoms with Gasteiger partial charge in [-0.2, -0.15) is 0 Å². The first-order valence-corrected chi connectivity index (χ1v) is 7.73. The number of hydrogen-bond acceptors (Lipinski definition) is 3. The molecular formula is C18H21N3O. The minimum atomic E-state index is 0.0917. The van der Waals surface area contributed by atoms with Crippen LogP contribution in [0.25, 0.3) is 0 Å². The van der Waals surface area contributed by atoms with Crippen LogP contribution in [0.5, 0.6) is 0 Å². The van der Waals surface area contributed by atoms with Crippen LogP contribution >= 0.6 is 0 Å². The van der Waals surface area contributed by atoms with E-state index in [1.165, 1.54) is 11.1 Å². The Morgan fingerprint density at radius 1 is 1.18 bits per heavy atom. The van der Waals surface area contributed by atoms with Crippen LogP contribution in [-0.4, -0.2) is 10.9 Å². The van der Waals surface area contributed by atoms with Gasteiger partial charge >= 0.3 is 0 Å². The van der Waals surface area contributed by atoms with E-state index >= 15 is 0 Å². The Morgan fingerprint density at radius 3 is 2.64 bits per heavy atom. The van der Waals surface area contributed by atoms with Crippen LogP contribution in [0.2, 0.25) is 0 Å². The van der Waals surface area contributed by atoms with Gasteiger partial charge in [0.25, 0.3) is 0 Å². The zero-order valence-electron chi connectivity index (χ0n) is 13.0. The van der Waals surface area contributed by atoms with Crippen molar-refractivity contribution >= 4 is 23.1 Å². The normalized spacial score (nSPS) is 14.3. The lowest BCUT2D eigenvalue weighted by atomic mass is 9.85. The first-order chi connectivity index (χ1) is 10.6. The lowest BCUT2D eigenvalue weighted by Gasteiger charge is -2.23. The number of carbonyl (C=O) groups excluding carboxylic acids is 1. The van der Waals surface area contributed by atoms with Gasteiger partial charge in [-0.15, -0.1) is 0 Å². The number of amides is 1. The van der Waals surface area contributed by atoms with Gasteiger partial charge in [-0.05, 0) is 56.0 Å². The molecule has 114 valence electrons. The third-order valence-electron chi connectivity index (χ3n) is 4.16. The largest absolute Gasteiger partial charge is 0.354 e. The summed E-state index contributed by atoms with van der Waals surface area (Å²) in [5.41, 5.74) is 4.39. The van der Waals surface area contributed by atoms with Gasteiger partial charge in [-0.3, -0.25) is 4.79 Å². The van der Waals surface area contributed by atoms with E-state index in [2.05, 4.69) is 47.7 Å². The Hall–Kier alpha value is -2.36. The molecule has 2 aromatic rings. The van der Waals surface area contributed by atoms with Crippen molar-refractivity contribution in [3.05, 3.63) is 47.7 Å². The van der Waals surface area contributed by atoms with E-state index in [9.17, 15) is 4.79 Å².